The van der Waals surface area contributed by atoms with Crippen molar-refractivity contribution in [3.05, 3.63) is 77.9 Å². The summed E-state index contributed by atoms with van der Waals surface area (Å²) in [5, 5.41) is 5.42. The van der Waals surface area contributed by atoms with Crippen LogP contribution >= 0.6 is 0 Å². The smallest absolute Gasteiger partial charge is 0.223 e. The number of ether oxygens (including phenoxy) is 1. The van der Waals surface area contributed by atoms with Gasteiger partial charge in [-0.1, -0.05) is 74.9 Å². The first-order valence-electron chi connectivity index (χ1n) is 10.1. The Balaban J connectivity index is 1.45. The zero-order valence-electron chi connectivity index (χ0n) is 16.8. The lowest BCUT2D eigenvalue weighted by Crippen LogP contribution is -2.33. The third-order valence-electron chi connectivity index (χ3n) is 4.99. The highest BCUT2D eigenvalue weighted by molar-refractivity contribution is 5.86. The summed E-state index contributed by atoms with van der Waals surface area (Å²) in [6.45, 7) is 5.13. The van der Waals surface area contributed by atoms with Gasteiger partial charge in [0.05, 0.1) is 6.54 Å². The van der Waals surface area contributed by atoms with Crippen LogP contribution in [0.4, 0.5) is 0 Å². The SMILES string of the molecule is CCCc1ccc(OCCNC(=O)C(C)Cc2cccc3ccccc23)cc1. The van der Waals surface area contributed by atoms with Gasteiger partial charge in [-0.05, 0) is 46.9 Å². The van der Waals surface area contributed by atoms with Crippen LogP contribution in [0.15, 0.2) is 66.7 Å². The van der Waals surface area contributed by atoms with Gasteiger partial charge in [-0.2, -0.15) is 0 Å². The van der Waals surface area contributed by atoms with Gasteiger partial charge in [-0.3, -0.25) is 4.79 Å². The maximum absolute atomic E-state index is 12.4. The number of rotatable bonds is 9. The second-order valence-corrected chi connectivity index (χ2v) is 7.28. The summed E-state index contributed by atoms with van der Waals surface area (Å²) in [6, 6.07) is 22.8. The quantitative estimate of drug-likeness (QED) is 0.524. The van der Waals surface area contributed by atoms with Crippen molar-refractivity contribution in [3.8, 4) is 5.75 Å². The highest BCUT2D eigenvalue weighted by Crippen LogP contribution is 2.21. The number of nitrogens with one attached hydrogen (secondary N) is 1. The maximum atomic E-state index is 12.4. The van der Waals surface area contributed by atoms with E-state index in [-0.39, 0.29) is 11.8 Å². The van der Waals surface area contributed by atoms with Crippen LogP contribution in [-0.2, 0) is 17.6 Å². The van der Waals surface area contributed by atoms with Crippen LogP contribution in [0.1, 0.15) is 31.4 Å². The molecule has 0 saturated heterocycles. The molecule has 0 aliphatic carbocycles. The molecular formula is C25H29NO2. The van der Waals surface area contributed by atoms with Crippen molar-refractivity contribution >= 4 is 16.7 Å². The Morgan fingerprint density at radius 1 is 1.00 bits per heavy atom. The highest BCUT2D eigenvalue weighted by atomic mass is 16.5. The van der Waals surface area contributed by atoms with Gasteiger partial charge in [0.1, 0.15) is 12.4 Å². The number of aryl methyl sites for hydroxylation is 1. The molecule has 0 aliphatic heterocycles. The molecule has 3 nitrogen and oxygen atoms in total. The molecule has 3 rings (SSSR count). The molecule has 1 amide bonds. The summed E-state index contributed by atoms with van der Waals surface area (Å²) in [7, 11) is 0. The Labute approximate surface area is 167 Å². The summed E-state index contributed by atoms with van der Waals surface area (Å²) in [5.41, 5.74) is 2.54. The maximum Gasteiger partial charge on any atom is 0.223 e. The van der Waals surface area contributed by atoms with Crippen LogP contribution in [0.3, 0.4) is 0 Å². The van der Waals surface area contributed by atoms with Gasteiger partial charge in [0.15, 0.2) is 0 Å². The number of benzene rings is 3. The topological polar surface area (TPSA) is 38.3 Å². The van der Waals surface area contributed by atoms with E-state index < -0.39 is 0 Å². The molecule has 28 heavy (non-hydrogen) atoms. The van der Waals surface area contributed by atoms with Crippen molar-refractivity contribution in [1.29, 1.82) is 0 Å². The average molecular weight is 376 g/mol. The molecule has 146 valence electrons. The van der Waals surface area contributed by atoms with E-state index in [0.717, 1.165) is 25.0 Å². The Hall–Kier alpha value is -2.81. The van der Waals surface area contributed by atoms with Crippen molar-refractivity contribution in [2.45, 2.75) is 33.1 Å². The molecular weight excluding hydrogens is 346 g/mol. The van der Waals surface area contributed by atoms with Gasteiger partial charge < -0.3 is 10.1 Å². The first-order chi connectivity index (χ1) is 13.7. The van der Waals surface area contributed by atoms with E-state index in [2.05, 4.69) is 54.7 Å². The molecule has 0 fully saturated rings. The molecule has 0 aromatic heterocycles. The first kappa shape index (κ1) is 19.9. The van der Waals surface area contributed by atoms with Crippen molar-refractivity contribution in [1.82, 2.24) is 5.32 Å². The summed E-state index contributed by atoms with van der Waals surface area (Å²) >= 11 is 0. The van der Waals surface area contributed by atoms with Gasteiger partial charge in [0.25, 0.3) is 0 Å². The first-order valence-corrected chi connectivity index (χ1v) is 10.1. The molecule has 1 atom stereocenters. The third-order valence-corrected chi connectivity index (χ3v) is 4.99. The van der Waals surface area contributed by atoms with Crippen molar-refractivity contribution < 1.29 is 9.53 Å². The van der Waals surface area contributed by atoms with E-state index in [1.54, 1.807) is 0 Å². The minimum atomic E-state index is -0.0841. The lowest BCUT2D eigenvalue weighted by Gasteiger charge is -2.14. The van der Waals surface area contributed by atoms with Crippen molar-refractivity contribution in [2.75, 3.05) is 13.2 Å². The Kier molecular flexibility index (Phi) is 7.07. The van der Waals surface area contributed by atoms with Crippen LogP contribution in [-0.4, -0.2) is 19.1 Å². The van der Waals surface area contributed by atoms with E-state index in [4.69, 9.17) is 4.74 Å². The number of fused-ring (bicyclic) bond motifs is 1. The second-order valence-electron chi connectivity index (χ2n) is 7.28. The number of carbonyl (C=O) groups excluding carboxylic acids is 1. The Bertz CT molecular complexity index is 897. The van der Waals surface area contributed by atoms with Crippen molar-refractivity contribution in [2.24, 2.45) is 5.92 Å². The van der Waals surface area contributed by atoms with Crippen LogP contribution in [0.2, 0.25) is 0 Å². The molecule has 3 aromatic carbocycles. The third kappa shape index (κ3) is 5.35. The summed E-state index contributed by atoms with van der Waals surface area (Å²) < 4.78 is 5.73. The minimum Gasteiger partial charge on any atom is -0.492 e. The van der Waals surface area contributed by atoms with E-state index in [1.165, 1.54) is 21.9 Å². The molecule has 0 spiro atoms. The monoisotopic (exact) mass is 375 g/mol. The van der Waals surface area contributed by atoms with Crippen LogP contribution < -0.4 is 10.1 Å². The fraction of sp³-hybridized carbons (Fsp3) is 0.320. The minimum absolute atomic E-state index is 0.0647. The Morgan fingerprint density at radius 3 is 2.54 bits per heavy atom. The lowest BCUT2D eigenvalue weighted by molar-refractivity contribution is -0.124. The molecule has 3 aromatic rings. The number of hydrogen-bond acceptors (Lipinski definition) is 2. The predicted molar refractivity (Wildman–Crippen MR) is 116 cm³/mol. The lowest BCUT2D eigenvalue weighted by atomic mass is 9.95. The normalized spacial score (nSPS) is 11.9. The van der Waals surface area contributed by atoms with E-state index in [0.29, 0.717) is 13.2 Å². The Morgan fingerprint density at radius 2 is 1.75 bits per heavy atom. The van der Waals surface area contributed by atoms with E-state index in [9.17, 15) is 4.79 Å². The average Bonchev–Trinajstić information content (AvgIpc) is 2.72. The molecule has 0 radical (unpaired) electrons. The standard InChI is InChI=1S/C25H29NO2/c1-3-7-20-12-14-23(15-13-20)28-17-16-26-25(27)19(2)18-22-10-6-9-21-8-4-5-11-24(21)22/h4-6,8-15,19H,3,7,16-18H2,1-2H3,(H,26,27). The van der Waals surface area contributed by atoms with Crippen LogP contribution in [0.25, 0.3) is 10.8 Å². The number of carbonyl (C=O) groups is 1. The predicted octanol–water partition coefficient (Wildman–Crippen LogP) is 5.17. The van der Waals surface area contributed by atoms with E-state index >= 15 is 0 Å². The fourth-order valence-electron chi connectivity index (χ4n) is 3.45. The van der Waals surface area contributed by atoms with Crippen molar-refractivity contribution in [3.63, 3.8) is 0 Å². The van der Waals surface area contributed by atoms with Gasteiger partial charge in [0, 0.05) is 5.92 Å². The van der Waals surface area contributed by atoms with Crippen LogP contribution in [0.5, 0.6) is 5.75 Å². The molecule has 0 heterocycles. The summed E-state index contributed by atoms with van der Waals surface area (Å²) in [6.07, 6.45) is 2.96. The fourth-order valence-corrected chi connectivity index (χ4v) is 3.45. The van der Waals surface area contributed by atoms with Gasteiger partial charge >= 0.3 is 0 Å². The second kappa shape index (κ2) is 9.93. The van der Waals surface area contributed by atoms with Gasteiger partial charge in [-0.15, -0.1) is 0 Å². The largest absolute Gasteiger partial charge is 0.492 e. The molecule has 0 aliphatic rings. The van der Waals surface area contributed by atoms with Gasteiger partial charge in [0.2, 0.25) is 5.91 Å². The number of amides is 1. The van der Waals surface area contributed by atoms with Gasteiger partial charge in [-0.25, -0.2) is 0 Å². The molecule has 0 bridgehead atoms. The number of hydrogen-bond donors (Lipinski definition) is 1. The molecule has 3 heteroatoms. The zero-order chi connectivity index (χ0) is 19.8. The molecule has 1 unspecified atom stereocenters. The molecule has 0 saturated carbocycles. The summed E-state index contributed by atoms with van der Waals surface area (Å²) in [4.78, 5) is 12.4. The van der Waals surface area contributed by atoms with Crippen LogP contribution in [0, 0.1) is 5.92 Å². The van der Waals surface area contributed by atoms with E-state index in [1.807, 2.05) is 31.2 Å². The highest BCUT2D eigenvalue weighted by Gasteiger charge is 2.14. The zero-order valence-corrected chi connectivity index (χ0v) is 16.8. The summed E-state index contributed by atoms with van der Waals surface area (Å²) in [5.74, 6) is 0.826. The molecule has 1 N–H and O–H groups in total.